The van der Waals surface area contributed by atoms with E-state index in [9.17, 15) is 0 Å². The molecule has 0 amide bonds. The highest BCUT2D eigenvalue weighted by molar-refractivity contribution is 8.00. The third-order valence-electron chi connectivity index (χ3n) is 4.34. The molecule has 0 bridgehead atoms. The summed E-state index contributed by atoms with van der Waals surface area (Å²) >= 11 is 1.98. The maximum atomic E-state index is 6.03. The van der Waals surface area contributed by atoms with Gasteiger partial charge >= 0.3 is 0 Å². The van der Waals surface area contributed by atoms with Crippen LogP contribution in [0.15, 0.2) is 54.0 Å². The van der Waals surface area contributed by atoms with E-state index in [1.165, 1.54) is 29.7 Å². The zero-order valence-electron chi connectivity index (χ0n) is 13.2. The molecule has 1 nitrogen and oxygen atoms in total. The second-order valence-corrected chi connectivity index (χ2v) is 7.08. The topological polar surface area (TPSA) is 9.23 Å². The molecule has 1 saturated carbocycles. The first kappa shape index (κ1) is 16.4. The largest absolute Gasteiger partial charge is 0.377 e. The Balaban J connectivity index is 2.14. The highest BCUT2D eigenvalue weighted by atomic mass is 32.2. The minimum Gasteiger partial charge on any atom is -0.377 e. The first-order valence-corrected chi connectivity index (χ1v) is 8.64. The van der Waals surface area contributed by atoms with Crippen molar-refractivity contribution in [3.05, 3.63) is 54.6 Å². The van der Waals surface area contributed by atoms with Crippen LogP contribution in [0.4, 0.5) is 0 Å². The molecular weight excluding hydrogens is 276 g/mol. The third kappa shape index (κ3) is 4.24. The van der Waals surface area contributed by atoms with Crippen molar-refractivity contribution >= 4 is 11.8 Å². The van der Waals surface area contributed by atoms with Gasteiger partial charge in [-0.1, -0.05) is 55.3 Å². The summed E-state index contributed by atoms with van der Waals surface area (Å²) in [5.74, 6) is 0. The number of benzene rings is 1. The lowest BCUT2D eigenvalue weighted by molar-refractivity contribution is -0.0308. The molecule has 0 saturated heterocycles. The minimum absolute atomic E-state index is 0.0344. The van der Waals surface area contributed by atoms with Gasteiger partial charge in [0.1, 0.15) is 0 Å². The minimum atomic E-state index is -0.0344. The number of thioether (sulfide) groups is 1. The monoisotopic (exact) mass is 302 g/mol. The van der Waals surface area contributed by atoms with Crippen molar-refractivity contribution in [2.75, 3.05) is 7.11 Å². The zero-order chi connectivity index (χ0) is 15.1. The van der Waals surface area contributed by atoms with Crippen LogP contribution in [0.1, 0.15) is 37.7 Å². The lowest BCUT2D eigenvalue weighted by atomic mass is 9.81. The molecule has 2 atom stereocenters. The molecule has 0 N–H and O–H groups in total. The van der Waals surface area contributed by atoms with Crippen LogP contribution in [0, 0.1) is 6.92 Å². The Morgan fingerprint density at radius 1 is 1.33 bits per heavy atom. The smallest absolute Gasteiger partial charge is 0.0834 e. The highest BCUT2D eigenvalue weighted by Gasteiger charge is 2.40. The second-order valence-electron chi connectivity index (χ2n) is 5.80. The number of rotatable bonds is 6. The number of ether oxygens (including phenoxy) is 1. The molecule has 1 aliphatic carbocycles. The van der Waals surface area contributed by atoms with E-state index in [1.54, 1.807) is 0 Å². The summed E-state index contributed by atoms with van der Waals surface area (Å²) in [5, 5.41) is 0.522. The number of hydrogen-bond donors (Lipinski definition) is 0. The molecule has 2 heteroatoms. The molecule has 0 spiro atoms. The van der Waals surface area contributed by atoms with E-state index in [0.29, 0.717) is 5.25 Å². The van der Waals surface area contributed by atoms with E-state index in [2.05, 4.69) is 43.8 Å². The average molecular weight is 302 g/mol. The van der Waals surface area contributed by atoms with Crippen LogP contribution in [0.5, 0.6) is 0 Å². The summed E-state index contributed by atoms with van der Waals surface area (Å²) in [6.07, 6.45) is 12.0. The van der Waals surface area contributed by atoms with Gasteiger partial charge in [0.2, 0.25) is 0 Å². The molecule has 21 heavy (non-hydrogen) atoms. The molecule has 0 aliphatic heterocycles. The zero-order valence-corrected chi connectivity index (χ0v) is 14.0. The van der Waals surface area contributed by atoms with E-state index in [1.807, 2.05) is 31.0 Å². The molecule has 0 unspecified atom stereocenters. The van der Waals surface area contributed by atoms with E-state index in [-0.39, 0.29) is 5.60 Å². The molecule has 1 aromatic rings. The van der Waals surface area contributed by atoms with Crippen molar-refractivity contribution in [2.24, 2.45) is 0 Å². The Morgan fingerprint density at radius 2 is 2.10 bits per heavy atom. The summed E-state index contributed by atoms with van der Waals surface area (Å²) in [4.78, 5) is 1.35. The van der Waals surface area contributed by atoms with Gasteiger partial charge in [-0.25, -0.2) is 0 Å². The van der Waals surface area contributed by atoms with Crippen molar-refractivity contribution in [3.8, 4) is 0 Å². The van der Waals surface area contributed by atoms with Crippen LogP contribution in [0.2, 0.25) is 0 Å². The third-order valence-corrected chi connectivity index (χ3v) is 5.84. The number of aryl methyl sites for hydroxylation is 1. The molecule has 1 aliphatic rings. The van der Waals surface area contributed by atoms with Crippen molar-refractivity contribution < 1.29 is 4.74 Å². The van der Waals surface area contributed by atoms with E-state index in [0.717, 1.165) is 12.8 Å². The fourth-order valence-electron chi connectivity index (χ4n) is 3.04. The molecular formula is C19H26OS. The summed E-state index contributed by atoms with van der Waals surface area (Å²) < 4.78 is 6.03. The van der Waals surface area contributed by atoms with Crippen molar-refractivity contribution in [1.29, 1.82) is 0 Å². The first-order chi connectivity index (χ1) is 10.2. The standard InChI is InChI=1S/C19H26OS/c1-4-5-7-14-19(20-3)15-8-6-9-18(19)21-17-12-10-16(2)11-13-17/h4-5,7,10-13,18H,1,6,8-9,14-15H2,2-3H3/b7-5+/t18-,19+/m1/s1. The Bertz CT molecular complexity index is 477. The van der Waals surface area contributed by atoms with Gasteiger partial charge in [0.15, 0.2) is 0 Å². The molecule has 0 heterocycles. The molecule has 2 rings (SSSR count). The van der Waals surface area contributed by atoms with Crippen LogP contribution >= 0.6 is 11.8 Å². The van der Waals surface area contributed by atoms with Crippen molar-refractivity contribution in [2.45, 2.75) is 54.8 Å². The molecule has 114 valence electrons. The predicted octanol–water partition coefficient (Wildman–Crippen LogP) is 5.55. The van der Waals surface area contributed by atoms with Crippen molar-refractivity contribution in [1.82, 2.24) is 0 Å². The molecule has 1 fully saturated rings. The number of methoxy groups -OCH3 is 1. The predicted molar refractivity (Wildman–Crippen MR) is 93.0 cm³/mol. The van der Waals surface area contributed by atoms with Crippen LogP contribution in [-0.2, 0) is 4.74 Å². The highest BCUT2D eigenvalue weighted by Crippen LogP contribution is 2.44. The Kier molecular flexibility index (Phi) is 6.13. The van der Waals surface area contributed by atoms with E-state index in [4.69, 9.17) is 4.74 Å². The van der Waals surface area contributed by atoms with Crippen molar-refractivity contribution in [3.63, 3.8) is 0 Å². The van der Waals surface area contributed by atoms with E-state index >= 15 is 0 Å². The average Bonchev–Trinajstić information content (AvgIpc) is 2.51. The quantitative estimate of drug-likeness (QED) is 0.637. The Morgan fingerprint density at radius 3 is 2.76 bits per heavy atom. The lowest BCUT2D eigenvalue weighted by Gasteiger charge is -2.42. The van der Waals surface area contributed by atoms with Crippen LogP contribution in [0.3, 0.4) is 0 Å². The van der Waals surface area contributed by atoms with Gasteiger partial charge in [-0.3, -0.25) is 0 Å². The normalized spacial score (nSPS) is 26.1. The van der Waals surface area contributed by atoms with Gasteiger partial charge in [0.05, 0.1) is 5.60 Å². The summed E-state index contributed by atoms with van der Waals surface area (Å²) in [6.45, 7) is 5.89. The number of allylic oxidation sites excluding steroid dienone is 2. The lowest BCUT2D eigenvalue weighted by Crippen LogP contribution is -2.44. The number of hydrogen-bond acceptors (Lipinski definition) is 2. The molecule has 1 aromatic carbocycles. The summed E-state index contributed by atoms with van der Waals surface area (Å²) in [7, 11) is 1.87. The van der Waals surface area contributed by atoms with Gasteiger partial charge in [-0.15, -0.1) is 11.8 Å². The molecule has 0 aromatic heterocycles. The molecule has 0 radical (unpaired) electrons. The van der Waals surface area contributed by atoms with Gasteiger partial charge < -0.3 is 4.74 Å². The maximum absolute atomic E-state index is 6.03. The Hall–Kier alpha value is -0.990. The first-order valence-electron chi connectivity index (χ1n) is 7.76. The van der Waals surface area contributed by atoms with E-state index < -0.39 is 0 Å². The fourth-order valence-corrected chi connectivity index (χ4v) is 4.47. The SMILES string of the molecule is C=C/C=C/C[C@]1(OC)CCCC[C@H]1Sc1ccc(C)cc1. The van der Waals surface area contributed by atoms with Gasteiger partial charge in [0.25, 0.3) is 0 Å². The van der Waals surface area contributed by atoms with Crippen LogP contribution in [-0.4, -0.2) is 18.0 Å². The Labute approximate surface area is 133 Å². The summed E-state index contributed by atoms with van der Waals surface area (Å²) in [6, 6.07) is 8.84. The maximum Gasteiger partial charge on any atom is 0.0834 e. The fraction of sp³-hybridized carbons (Fsp3) is 0.474. The van der Waals surface area contributed by atoms with Gasteiger partial charge in [-0.05, 0) is 38.3 Å². The van der Waals surface area contributed by atoms with Crippen LogP contribution in [0.25, 0.3) is 0 Å². The van der Waals surface area contributed by atoms with Gasteiger partial charge in [-0.2, -0.15) is 0 Å². The second kappa shape index (κ2) is 7.86. The summed E-state index contributed by atoms with van der Waals surface area (Å²) in [5.41, 5.74) is 1.28. The van der Waals surface area contributed by atoms with Gasteiger partial charge in [0, 0.05) is 17.3 Å². The van der Waals surface area contributed by atoms with Crippen LogP contribution < -0.4 is 0 Å².